The van der Waals surface area contributed by atoms with Crippen LogP contribution in [0.1, 0.15) is 46.0 Å². The van der Waals surface area contributed by atoms with Gasteiger partial charge >= 0.3 is 12.0 Å². The average Bonchev–Trinajstić information content (AvgIpc) is 2.36. The van der Waals surface area contributed by atoms with Crippen molar-refractivity contribution in [1.29, 1.82) is 0 Å². The SMILES string of the molecule is CC(C)(NC(=O)N(CCO)C1CCCCC1)C(=O)O. The van der Waals surface area contributed by atoms with E-state index in [4.69, 9.17) is 10.2 Å². The first-order chi connectivity index (χ1) is 8.88. The van der Waals surface area contributed by atoms with E-state index in [-0.39, 0.29) is 19.2 Å². The number of amides is 2. The van der Waals surface area contributed by atoms with Gasteiger partial charge in [0.15, 0.2) is 0 Å². The van der Waals surface area contributed by atoms with Gasteiger partial charge in [0.05, 0.1) is 6.61 Å². The fourth-order valence-electron chi connectivity index (χ4n) is 2.34. The summed E-state index contributed by atoms with van der Waals surface area (Å²) in [6.45, 7) is 3.03. The molecule has 1 fully saturated rings. The normalized spacial score (nSPS) is 17.0. The molecule has 3 N–H and O–H groups in total. The Morgan fingerprint density at radius 2 is 1.84 bits per heavy atom. The highest BCUT2D eigenvalue weighted by Crippen LogP contribution is 2.22. The molecule has 2 amide bonds. The molecular formula is C13H24N2O4. The lowest BCUT2D eigenvalue weighted by molar-refractivity contribution is -0.143. The largest absolute Gasteiger partial charge is 0.480 e. The quantitative estimate of drug-likeness (QED) is 0.701. The van der Waals surface area contributed by atoms with Gasteiger partial charge in [0.1, 0.15) is 5.54 Å². The van der Waals surface area contributed by atoms with Crippen molar-refractivity contribution in [2.24, 2.45) is 0 Å². The van der Waals surface area contributed by atoms with Crippen molar-refractivity contribution in [3.63, 3.8) is 0 Å². The zero-order chi connectivity index (χ0) is 14.5. The lowest BCUT2D eigenvalue weighted by atomic mass is 9.94. The second-order valence-electron chi connectivity index (χ2n) is 5.57. The van der Waals surface area contributed by atoms with Crippen LogP contribution in [0.4, 0.5) is 4.79 Å². The fourth-order valence-corrected chi connectivity index (χ4v) is 2.34. The molecule has 0 aliphatic heterocycles. The van der Waals surface area contributed by atoms with Crippen molar-refractivity contribution < 1.29 is 19.8 Å². The summed E-state index contributed by atoms with van der Waals surface area (Å²) in [6, 6.07) is -0.307. The minimum absolute atomic E-state index is 0.102. The molecule has 0 aromatic heterocycles. The number of hydrogen-bond donors (Lipinski definition) is 3. The van der Waals surface area contributed by atoms with E-state index in [9.17, 15) is 9.59 Å². The number of rotatable bonds is 5. The van der Waals surface area contributed by atoms with E-state index in [1.807, 2.05) is 0 Å². The minimum Gasteiger partial charge on any atom is -0.480 e. The van der Waals surface area contributed by atoms with Crippen molar-refractivity contribution in [3.8, 4) is 0 Å². The number of aliphatic hydroxyl groups is 1. The molecule has 0 radical (unpaired) electrons. The summed E-state index contributed by atoms with van der Waals surface area (Å²) in [5.74, 6) is -1.08. The third kappa shape index (κ3) is 4.38. The van der Waals surface area contributed by atoms with E-state index in [0.717, 1.165) is 25.7 Å². The van der Waals surface area contributed by atoms with Gasteiger partial charge in [0.25, 0.3) is 0 Å². The van der Waals surface area contributed by atoms with Gasteiger partial charge in [-0.1, -0.05) is 19.3 Å². The fraction of sp³-hybridized carbons (Fsp3) is 0.846. The van der Waals surface area contributed by atoms with E-state index >= 15 is 0 Å². The Kier molecular flexibility index (Phi) is 5.60. The Hall–Kier alpha value is -1.30. The number of urea groups is 1. The molecule has 0 unspecified atom stereocenters. The smallest absolute Gasteiger partial charge is 0.328 e. The molecular weight excluding hydrogens is 248 g/mol. The molecule has 1 rings (SSSR count). The summed E-state index contributed by atoms with van der Waals surface area (Å²) in [5.41, 5.74) is -1.31. The van der Waals surface area contributed by atoms with Crippen LogP contribution in [0.15, 0.2) is 0 Å². The Morgan fingerprint density at radius 1 is 1.26 bits per heavy atom. The molecule has 0 saturated heterocycles. The summed E-state index contributed by atoms with van der Waals surface area (Å²) < 4.78 is 0. The van der Waals surface area contributed by atoms with Crippen molar-refractivity contribution in [2.75, 3.05) is 13.2 Å². The third-order valence-corrected chi connectivity index (χ3v) is 3.57. The maximum atomic E-state index is 12.2. The molecule has 6 heteroatoms. The maximum absolute atomic E-state index is 12.2. The first kappa shape index (κ1) is 15.8. The lowest BCUT2D eigenvalue weighted by Gasteiger charge is -2.36. The molecule has 0 heterocycles. The van der Waals surface area contributed by atoms with E-state index in [1.165, 1.54) is 20.3 Å². The summed E-state index contributed by atoms with van der Waals surface area (Å²) in [7, 11) is 0. The van der Waals surface area contributed by atoms with E-state index < -0.39 is 17.5 Å². The predicted molar refractivity (Wildman–Crippen MR) is 70.9 cm³/mol. The first-order valence-electron chi connectivity index (χ1n) is 6.81. The highest BCUT2D eigenvalue weighted by atomic mass is 16.4. The van der Waals surface area contributed by atoms with E-state index in [0.29, 0.717) is 0 Å². The number of carboxylic acid groups (broad SMARTS) is 1. The number of carboxylic acids is 1. The predicted octanol–water partition coefficient (Wildman–Crippen LogP) is 1.19. The number of hydrogen-bond acceptors (Lipinski definition) is 3. The molecule has 19 heavy (non-hydrogen) atoms. The average molecular weight is 272 g/mol. The number of nitrogens with one attached hydrogen (secondary N) is 1. The third-order valence-electron chi connectivity index (χ3n) is 3.57. The van der Waals surface area contributed by atoms with Crippen molar-refractivity contribution in [1.82, 2.24) is 10.2 Å². The molecule has 6 nitrogen and oxygen atoms in total. The Bertz CT molecular complexity index is 325. The second-order valence-corrected chi connectivity index (χ2v) is 5.57. The van der Waals surface area contributed by atoms with Gasteiger partial charge in [-0.05, 0) is 26.7 Å². The zero-order valence-corrected chi connectivity index (χ0v) is 11.7. The summed E-state index contributed by atoms with van der Waals surface area (Å²) in [6.07, 6.45) is 5.15. The van der Waals surface area contributed by atoms with Crippen LogP contribution in [0.25, 0.3) is 0 Å². The number of carbonyl (C=O) groups is 2. The van der Waals surface area contributed by atoms with Crippen LogP contribution in [0.3, 0.4) is 0 Å². The van der Waals surface area contributed by atoms with Gasteiger partial charge in [-0.3, -0.25) is 0 Å². The van der Waals surface area contributed by atoms with Gasteiger partial charge in [-0.25, -0.2) is 9.59 Å². The Balaban J connectivity index is 2.69. The van der Waals surface area contributed by atoms with Crippen LogP contribution in [-0.4, -0.2) is 51.8 Å². The van der Waals surface area contributed by atoms with Crippen molar-refractivity contribution in [3.05, 3.63) is 0 Å². The molecule has 1 aliphatic rings. The first-order valence-corrected chi connectivity index (χ1v) is 6.81. The van der Waals surface area contributed by atoms with Crippen LogP contribution in [-0.2, 0) is 4.79 Å². The molecule has 1 saturated carbocycles. The second kappa shape index (κ2) is 6.75. The standard InChI is InChI=1S/C13H24N2O4/c1-13(2,11(17)18)14-12(19)15(8-9-16)10-6-4-3-5-7-10/h10,16H,3-9H2,1-2H3,(H,14,19)(H,17,18). The van der Waals surface area contributed by atoms with Crippen LogP contribution in [0.5, 0.6) is 0 Å². The van der Waals surface area contributed by atoms with Gasteiger partial charge in [-0.15, -0.1) is 0 Å². The summed E-state index contributed by atoms with van der Waals surface area (Å²) in [5, 5.41) is 20.6. The molecule has 0 aromatic rings. The minimum atomic E-state index is -1.31. The monoisotopic (exact) mass is 272 g/mol. The summed E-state index contributed by atoms with van der Waals surface area (Å²) >= 11 is 0. The maximum Gasteiger partial charge on any atom is 0.328 e. The van der Waals surface area contributed by atoms with Gasteiger partial charge < -0.3 is 20.4 Å². The van der Waals surface area contributed by atoms with Crippen LogP contribution in [0, 0.1) is 0 Å². The zero-order valence-electron chi connectivity index (χ0n) is 11.7. The lowest BCUT2D eigenvalue weighted by Crippen LogP contribution is -2.57. The molecule has 0 aromatic carbocycles. The van der Waals surface area contributed by atoms with Crippen LogP contribution < -0.4 is 5.32 Å². The number of nitrogens with zero attached hydrogens (tertiary/aromatic N) is 1. The number of aliphatic carboxylic acids is 1. The summed E-state index contributed by atoms with van der Waals surface area (Å²) in [4.78, 5) is 24.8. The van der Waals surface area contributed by atoms with Gasteiger partial charge in [0, 0.05) is 12.6 Å². The highest BCUT2D eigenvalue weighted by Gasteiger charge is 2.33. The van der Waals surface area contributed by atoms with Crippen LogP contribution in [0.2, 0.25) is 0 Å². The molecule has 1 aliphatic carbocycles. The highest BCUT2D eigenvalue weighted by molar-refractivity contribution is 5.85. The van der Waals surface area contributed by atoms with Gasteiger partial charge in [-0.2, -0.15) is 0 Å². The van der Waals surface area contributed by atoms with Crippen molar-refractivity contribution >= 4 is 12.0 Å². The van der Waals surface area contributed by atoms with E-state index in [1.54, 1.807) is 4.90 Å². The van der Waals surface area contributed by atoms with Crippen molar-refractivity contribution in [2.45, 2.75) is 57.5 Å². The number of carbonyl (C=O) groups excluding carboxylic acids is 1. The molecule has 110 valence electrons. The molecule has 0 spiro atoms. The molecule has 0 atom stereocenters. The Labute approximate surface area is 113 Å². The Morgan fingerprint density at radius 3 is 2.32 bits per heavy atom. The number of aliphatic hydroxyl groups excluding tert-OH is 1. The molecule has 0 bridgehead atoms. The topological polar surface area (TPSA) is 89.9 Å². The van der Waals surface area contributed by atoms with Crippen LogP contribution >= 0.6 is 0 Å². The van der Waals surface area contributed by atoms with Gasteiger partial charge in [0.2, 0.25) is 0 Å². The van der Waals surface area contributed by atoms with E-state index in [2.05, 4.69) is 5.32 Å².